The fourth-order valence-electron chi connectivity index (χ4n) is 7.84. The summed E-state index contributed by atoms with van der Waals surface area (Å²) in [4.78, 5) is 38.2. The van der Waals surface area contributed by atoms with E-state index in [4.69, 9.17) is 14.2 Å². The van der Waals surface area contributed by atoms with Crippen LogP contribution in [0, 0.1) is 0 Å². The van der Waals surface area contributed by atoms with Crippen LogP contribution in [0.25, 0.3) is 0 Å². The van der Waals surface area contributed by atoms with Gasteiger partial charge in [-0.15, -0.1) is 0 Å². The van der Waals surface area contributed by atoms with Gasteiger partial charge in [0.05, 0.1) is 0 Å². The Morgan fingerprint density at radius 2 is 0.514 bits per heavy atom. The third-order valence-corrected chi connectivity index (χ3v) is 12.3. The first-order valence-electron chi connectivity index (χ1n) is 29.2. The molecular weight excluding hydrogens is 865 g/mol. The number of carbonyl (C=O) groups is 3. The second kappa shape index (κ2) is 57.9. The first kappa shape index (κ1) is 66.3. The van der Waals surface area contributed by atoms with Crippen molar-refractivity contribution in [3.63, 3.8) is 0 Å². The molecule has 70 heavy (non-hydrogen) atoms. The second-order valence-corrected chi connectivity index (χ2v) is 19.2. The molecule has 0 spiro atoms. The summed E-state index contributed by atoms with van der Waals surface area (Å²) in [6.07, 6.45) is 76.7. The molecule has 0 aromatic heterocycles. The van der Waals surface area contributed by atoms with Gasteiger partial charge in [-0.3, -0.25) is 14.4 Å². The molecule has 0 aromatic rings. The Morgan fingerprint density at radius 1 is 0.286 bits per heavy atom. The third kappa shape index (κ3) is 55.3. The maximum absolute atomic E-state index is 12.9. The number of ether oxygens (including phenoxy) is 3. The minimum atomic E-state index is -0.808. The average molecular weight is 974 g/mol. The highest BCUT2D eigenvalue weighted by Crippen LogP contribution is 2.14. The van der Waals surface area contributed by atoms with Crippen LogP contribution in [-0.2, 0) is 28.6 Å². The van der Waals surface area contributed by atoms with Crippen molar-refractivity contribution in [1.82, 2.24) is 0 Å². The lowest BCUT2D eigenvalue weighted by Gasteiger charge is -2.18. The number of rotatable bonds is 52. The molecule has 0 N–H and O–H groups in total. The van der Waals surface area contributed by atoms with Gasteiger partial charge in [0.15, 0.2) is 6.10 Å². The summed E-state index contributed by atoms with van der Waals surface area (Å²) in [5, 5.41) is 0. The molecule has 0 unspecified atom stereocenters. The summed E-state index contributed by atoms with van der Waals surface area (Å²) in [5.41, 5.74) is 0. The summed E-state index contributed by atoms with van der Waals surface area (Å²) in [6.45, 7) is 6.54. The van der Waals surface area contributed by atoms with Crippen LogP contribution in [0.15, 0.2) is 97.2 Å². The van der Waals surface area contributed by atoms with Gasteiger partial charge in [0.25, 0.3) is 0 Å². The molecule has 0 aromatic carbocycles. The van der Waals surface area contributed by atoms with Gasteiger partial charge in [-0.2, -0.15) is 0 Å². The quantitative estimate of drug-likeness (QED) is 0.0262. The molecule has 0 fully saturated rings. The van der Waals surface area contributed by atoms with Crippen molar-refractivity contribution in [3.05, 3.63) is 97.2 Å². The van der Waals surface area contributed by atoms with Crippen LogP contribution < -0.4 is 0 Å². The molecule has 6 heteroatoms. The Morgan fingerprint density at radius 3 is 0.857 bits per heavy atom. The monoisotopic (exact) mass is 973 g/mol. The SMILES string of the molecule is CCCCC/C=C\C/C=C\C/C=C\C/C=C\CCCCCC(=O)OC[C@@H](COC(=O)CCCCCCC/C=C\CCCCCCCCC)OC(=O)CCCCCC/C=C\C/C=C\C/C=C\CCCCC. The molecule has 0 radical (unpaired) electrons. The van der Waals surface area contributed by atoms with Gasteiger partial charge in [-0.1, -0.05) is 221 Å². The first-order chi connectivity index (χ1) is 34.5. The van der Waals surface area contributed by atoms with Crippen molar-refractivity contribution >= 4 is 17.9 Å². The van der Waals surface area contributed by atoms with E-state index in [1.54, 1.807) is 0 Å². The van der Waals surface area contributed by atoms with Gasteiger partial charge < -0.3 is 14.2 Å². The number of unbranched alkanes of at least 4 members (excludes halogenated alkanes) is 25. The van der Waals surface area contributed by atoms with E-state index in [-0.39, 0.29) is 31.1 Å². The standard InChI is InChI=1S/C64H108O6/c1-4-7-10-13-16-19-22-25-28-31-32-34-36-39-42-45-48-51-54-57-63(66)69-60-61(59-68-62(65)56-53-50-47-44-41-38-35-30-27-24-21-18-15-12-9-6-3)70-64(67)58-55-52-49-46-43-40-37-33-29-26-23-20-17-14-11-8-5-2/h16-17,19-20,25-26,28-30,32,34-35,37,39-40,42,61H,4-15,18,21-24,27,31,33,36,38,41,43-60H2,1-3H3/b19-16-,20-17-,28-25-,29-26-,34-32-,35-30-,40-37-,42-39-/t61-/m1/s1. The van der Waals surface area contributed by atoms with Crippen molar-refractivity contribution in [2.75, 3.05) is 13.2 Å². The molecule has 6 nitrogen and oxygen atoms in total. The summed E-state index contributed by atoms with van der Waals surface area (Å²) < 4.78 is 16.8. The predicted octanol–water partition coefficient (Wildman–Crippen LogP) is 19.7. The molecule has 0 aliphatic heterocycles. The Labute approximate surface area is 432 Å². The highest BCUT2D eigenvalue weighted by molar-refractivity contribution is 5.71. The number of allylic oxidation sites excluding steroid dienone is 16. The summed E-state index contributed by atoms with van der Waals surface area (Å²) >= 11 is 0. The van der Waals surface area contributed by atoms with Crippen molar-refractivity contribution in [3.8, 4) is 0 Å². The highest BCUT2D eigenvalue weighted by Gasteiger charge is 2.19. The van der Waals surface area contributed by atoms with Gasteiger partial charge in [0.1, 0.15) is 13.2 Å². The van der Waals surface area contributed by atoms with Crippen LogP contribution in [0.5, 0.6) is 0 Å². The van der Waals surface area contributed by atoms with Gasteiger partial charge in [0.2, 0.25) is 0 Å². The first-order valence-corrected chi connectivity index (χ1v) is 29.2. The van der Waals surface area contributed by atoms with Crippen molar-refractivity contribution in [1.29, 1.82) is 0 Å². The maximum atomic E-state index is 12.9. The lowest BCUT2D eigenvalue weighted by Crippen LogP contribution is -2.30. The van der Waals surface area contributed by atoms with Crippen LogP contribution >= 0.6 is 0 Å². The van der Waals surface area contributed by atoms with E-state index in [2.05, 4.69) is 118 Å². The van der Waals surface area contributed by atoms with E-state index in [0.717, 1.165) is 122 Å². The Balaban J connectivity index is 4.51. The van der Waals surface area contributed by atoms with E-state index in [0.29, 0.717) is 19.3 Å². The van der Waals surface area contributed by atoms with E-state index in [1.165, 1.54) is 109 Å². The Kier molecular flexibility index (Phi) is 54.9. The highest BCUT2D eigenvalue weighted by atomic mass is 16.6. The fourth-order valence-corrected chi connectivity index (χ4v) is 7.84. The maximum Gasteiger partial charge on any atom is 0.306 e. The van der Waals surface area contributed by atoms with Crippen LogP contribution in [0.1, 0.15) is 271 Å². The van der Waals surface area contributed by atoms with Crippen molar-refractivity contribution < 1.29 is 28.6 Å². The van der Waals surface area contributed by atoms with E-state index in [9.17, 15) is 14.4 Å². The summed E-state index contributed by atoms with van der Waals surface area (Å²) in [7, 11) is 0. The molecule has 0 aliphatic rings. The molecular formula is C64H108O6. The molecule has 400 valence electrons. The number of esters is 3. The van der Waals surface area contributed by atoms with Crippen LogP contribution in [0.4, 0.5) is 0 Å². The molecule has 0 aliphatic carbocycles. The number of hydrogen-bond donors (Lipinski definition) is 0. The Hall–Kier alpha value is -3.67. The van der Waals surface area contributed by atoms with Crippen molar-refractivity contribution in [2.24, 2.45) is 0 Å². The predicted molar refractivity (Wildman–Crippen MR) is 302 cm³/mol. The summed E-state index contributed by atoms with van der Waals surface area (Å²) in [6, 6.07) is 0. The summed E-state index contributed by atoms with van der Waals surface area (Å²) in [5.74, 6) is -0.960. The van der Waals surface area contributed by atoms with E-state index in [1.807, 2.05) is 0 Å². The zero-order chi connectivity index (χ0) is 50.7. The van der Waals surface area contributed by atoms with Gasteiger partial charge in [-0.25, -0.2) is 0 Å². The molecule has 0 heterocycles. The molecule has 0 amide bonds. The minimum Gasteiger partial charge on any atom is -0.462 e. The third-order valence-electron chi connectivity index (χ3n) is 12.3. The fraction of sp³-hybridized carbons (Fsp3) is 0.703. The minimum absolute atomic E-state index is 0.102. The molecule has 1 atom stereocenters. The molecule has 0 rings (SSSR count). The second-order valence-electron chi connectivity index (χ2n) is 19.2. The average Bonchev–Trinajstić information content (AvgIpc) is 3.36. The van der Waals surface area contributed by atoms with Gasteiger partial charge in [-0.05, 0) is 128 Å². The van der Waals surface area contributed by atoms with Crippen molar-refractivity contribution in [2.45, 2.75) is 277 Å². The van der Waals surface area contributed by atoms with Gasteiger partial charge in [0, 0.05) is 19.3 Å². The molecule has 0 saturated heterocycles. The lowest BCUT2D eigenvalue weighted by molar-refractivity contribution is -0.167. The molecule has 0 bridgehead atoms. The normalized spacial score (nSPS) is 12.8. The molecule has 0 saturated carbocycles. The van der Waals surface area contributed by atoms with E-state index >= 15 is 0 Å². The van der Waals surface area contributed by atoms with E-state index < -0.39 is 6.10 Å². The smallest absolute Gasteiger partial charge is 0.306 e. The van der Waals surface area contributed by atoms with Crippen LogP contribution in [0.3, 0.4) is 0 Å². The zero-order valence-corrected chi connectivity index (χ0v) is 45.8. The number of carbonyl (C=O) groups excluding carboxylic acids is 3. The largest absolute Gasteiger partial charge is 0.462 e. The zero-order valence-electron chi connectivity index (χ0n) is 45.8. The number of hydrogen-bond acceptors (Lipinski definition) is 6. The Bertz CT molecular complexity index is 1400. The van der Waals surface area contributed by atoms with Gasteiger partial charge >= 0.3 is 17.9 Å². The van der Waals surface area contributed by atoms with Crippen LogP contribution in [0.2, 0.25) is 0 Å². The van der Waals surface area contributed by atoms with Crippen LogP contribution in [-0.4, -0.2) is 37.2 Å². The lowest BCUT2D eigenvalue weighted by atomic mass is 10.1. The topological polar surface area (TPSA) is 78.9 Å².